The predicted molar refractivity (Wildman–Crippen MR) is 105 cm³/mol. The fourth-order valence-electron chi connectivity index (χ4n) is 3.56. The Morgan fingerprint density at radius 2 is 1.81 bits per heavy atom. The molecule has 1 aliphatic heterocycles. The zero-order chi connectivity index (χ0) is 19.6. The van der Waals surface area contributed by atoms with Gasteiger partial charge in [0, 0.05) is 23.1 Å². The van der Waals surface area contributed by atoms with Crippen LogP contribution >= 0.6 is 11.6 Å². The van der Waals surface area contributed by atoms with E-state index in [4.69, 9.17) is 16.3 Å². The number of allylic oxidation sites excluding steroid dienone is 1. The largest absolute Gasteiger partial charge is 0.466 e. The number of aryl methyl sites for hydroxylation is 1. The molecular formula is C22H22ClNO3. The Morgan fingerprint density at radius 3 is 2.48 bits per heavy atom. The Labute approximate surface area is 164 Å². The van der Waals surface area contributed by atoms with Gasteiger partial charge in [-0.25, -0.2) is 4.79 Å². The van der Waals surface area contributed by atoms with Crippen molar-refractivity contribution in [3.63, 3.8) is 0 Å². The van der Waals surface area contributed by atoms with Gasteiger partial charge in [-0.05, 0) is 36.6 Å². The van der Waals surface area contributed by atoms with Crippen molar-refractivity contribution in [1.29, 1.82) is 0 Å². The third-order valence-corrected chi connectivity index (χ3v) is 5.44. The van der Waals surface area contributed by atoms with Crippen LogP contribution in [0.25, 0.3) is 0 Å². The first-order chi connectivity index (χ1) is 12.9. The zero-order valence-corrected chi connectivity index (χ0v) is 16.4. The van der Waals surface area contributed by atoms with Crippen molar-refractivity contribution in [2.45, 2.75) is 32.7 Å². The fourth-order valence-corrected chi connectivity index (χ4v) is 3.83. The molecule has 0 radical (unpaired) electrons. The molecular weight excluding hydrogens is 362 g/mol. The Bertz CT molecular complexity index is 919. The number of rotatable bonds is 4. The molecule has 3 rings (SSSR count). The van der Waals surface area contributed by atoms with Crippen molar-refractivity contribution in [2.24, 2.45) is 0 Å². The van der Waals surface area contributed by atoms with Gasteiger partial charge >= 0.3 is 5.97 Å². The van der Waals surface area contributed by atoms with E-state index < -0.39 is 11.9 Å². The first-order valence-electron chi connectivity index (χ1n) is 8.82. The average Bonchev–Trinajstić information content (AvgIpc) is 2.66. The molecule has 1 atom stereocenters. The number of halogens is 1. The summed E-state index contributed by atoms with van der Waals surface area (Å²) in [6.07, 6.45) is 0.178. The summed E-state index contributed by atoms with van der Waals surface area (Å²) in [6, 6.07) is 15.2. The number of esters is 1. The van der Waals surface area contributed by atoms with Crippen LogP contribution in [0.15, 0.2) is 59.8 Å². The average molecular weight is 384 g/mol. The lowest BCUT2D eigenvalue weighted by Crippen LogP contribution is -2.38. The zero-order valence-electron chi connectivity index (χ0n) is 15.7. The SMILES string of the molecule is COC(=O)C1=C(C)N(Cc2ccccc2C)C(=O)C[C@@H]1c1ccccc1Cl. The van der Waals surface area contributed by atoms with Gasteiger partial charge in [-0.1, -0.05) is 54.1 Å². The van der Waals surface area contributed by atoms with Crippen molar-refractivity contribution >= 4 is 23.5 Å². The fraction of sp³-hybridized carbons (Fsp3) is 0.273. The minimum absolute atomic E-state index is 0.0340. The second-order valence-electron chi connectivity index (χ2n) is 6.68. The lowest BCUT2D eigenvalue weighted by atomic mass is 9.83. The topological polar surface area (TPSA) is 46.6 Å². The summed E-state index contributed by atoms with van der Waals surface area (Å²) >= 11 is 6.35. The molecule has 0 saturated carbocycles. The van der Waals surface area contributed by atoms with Crippen molar-refractivity contribution in [3.8, 4) is 0 Å². The van der Waals surface area contributed by atoms with E-state index in [0.29, 0.717) is 22.8 Å². The number of carbonyl (C=O) groups excluding carboxylic acids is 2. The summed E-state index contributed by atoms with van der Waals surface area (Å²) in [6.45, 7) is 4.23. The normalized spacial score (nSPS) is 17.3. The van der Waals surface area contributed by atoms with E-state index >= 15 is 0 Å². The van der Waals surface area contributed by atoms with Crippen molar-refractivity contribution < 1.29 is 14.3 Å². The highest BCUT2D eigenvalue weighted by Gasteiger charge is 2.37. The van der Waals surface area contributed by atoms with E-state index in [2.05, 4.69) is 0 Å². The van der Waals surface area contributed by atoms with Crippen LogP contribution in [-0.4, -0.2) is 23.9 Å². The molecule has 5 heteroatoms. The molecule has 2 aromatic carbocycles. The smallest absolute Gasteiger partial charge is 0.336 e. The lowest BCUT2D eigenvalue weighted by molar-refractivity contribution is -0.138. The van der Waals surface area contributed by atoms with Gasteiger partial charge in [0.2, 0.25) is 5.91 Å². The van der Waals surface area contributed by atoms with Crippen LogP contribution in [-0.2, 0) is 20.9 Å². The van der Waals surface area contributed by atoms with Gasteiger partial charge in [0.15, 0.2) is 0 Å². The number of amides is 1. The number of methoxy groups -OCH3 is 1. The van der Waals surface area contributed by atoms with Crippen LogP contribution in [0, 0.1) is 6.92 Å². The highest BCUT2D eigenvalue weighted by atomic mass is 35.5. The summed E-state index contributed by atoms with van der Waals surface area (Å²) < 4.78 is 5.03. The molecule has 27 heavy (non-hydrogen) atoms. The quantitative estimate of drug-likeness (QED) is 0.724. The van der Waals surface area contributed by atoms with Gasteiger partial charge < -0.3 is 9.64 Å². The van der Waals surface area contributed by atoms with Crippen LogP contribution < -0.4 is 0 Å². The van der Waals surface area contributed by atoms with E-state index in [0.717, 1.165) is 16.7 Å². The van der Waals surface area contributed by atoms with Crippen LogP contribution in [0.5, 0.6) is 0 Å². The van der Waals surface area contributed by atoms with Crippen molar-refractivity contribution in [1.82, 2.24) is 4.90 Å². The van der Waals surface area contributed by atoms with Gasteiger partial charge in [-0.15, -0.1) is 0 Å². The molecule has 0 spiro atoms. The highest BCUT2D eigenvalue weighted by Crippen LogP contribution is 2.40. The maximum absolute atomic E-state index is 13.0. The molecule has 0 aliphatic carbocycles. The molecule has 2 aromatic rings. The minimum atomic E-state index is -0.431. The van der Waals surface area contributed by atoms with Crippen LogP contribution in [0.3, 0.4) is 0 Å². The number of carbonyl (C=O) groups is 2. The summed E-state index contributed by atoms with van der Waals surface area (Å²) in [5.41, 5.74) is 4.02. The standard InChI is InChI=1S/C22H22ClNO3/c1-14-8-4-5-9-16(14)13-24-15(2)21(22(26)27-3)18(12-20(24)25)17-10-6-7-11-19(17)23/h4-11,18H,12-13H2,1-3H3/t18-/m1/s1. The van der Waals surface area contributed by atoms with E-state index in [1.807, 2.05) is 49.4 Å². The van der Waals surface area contributed by atoms with Gasteiger partial charge in [0.25, 0.3) is 0 Å². The van der Waals surface area contributed by atoms with Crippen LogP contribution in [0.4, 0.5) is 0 Å². The molecule has 0 N–H and O–H groups in total. The van der Waals surface area contributed by atoms with E-state index in [9.17, 15) is 9.59 Å². The molecule has 1 heterocycles. The molecule has 0 aromatic heterocycles. The molecule has 0 fully saturated rings. The molecule has 4 nitrogen and oxygen atoms in total. The number of hydrogen-bond acceptors (Lipinski definition) is 3. The monoisotopic (exact) mass is 383 g/mol. The number of benzene rings is 2. The maximum Gasteiger partial charge on any atom is 0.336 e. The summed E-state index contributed by atoms with van der Waals surface area (Å²) in [5, 5.41) is 0.539. The molecule has 1 aliphatic rings. The number of hydrogen-bond donors (Lipinski definition) is 0. The Kier molecular flexibility index (Phi) is 5.66. The van der Waals surface area contributed by atoms with E-state index in [1.165, 1.54) is 7.11 Å². The third-order valence-electron chi connectivity index (χ3n) is 5.10. The van der Waals surface area contributed by atoms with Gasteiger partial charge in [0.1, 0.15) is 0 Å². The van der Waals surface area contributed by atoms with E-state index in [1.54, 1.807) is 17.9 Å². The summed E-state index contributed by atoms with van der Waals surface area (Å²) in [4.78, 5) is 27.2. The molecule has 0 saturated heterocycles. The van der Waals surface area contributed by atoms with Crippen LogP contribution in [0.1, 0.15) is 36.0 Å². The highest BCUT2D eigenvalue weighted by molar-refractivity contribution is 6.31. The first-order valence-corrected chi connectivity index (χ1v) is 9.20. The Hall–Kier alpha value is -2.59. The molecule has 0 bridgehead atoms. The molecule has 0 unspecified atom stereocenters. The Balaban J connectivity index is 2.07. The molecule has 1 amide bonds. The van der Waals surface area contributed by atoms with Gasteiger partial charge in [-0.3, -0.25) is 4.79 Å². The number of ether oxygens (including phenoxy) is 1. The number of nitrogens with zero attached hydrogens (tertiary/aromatic N) is 1. The summed E-state index contributed by atoms with van der Waals surface area (Å²) in [5.74, 6) is -0.875. The van der Waals surface area contributed by atoms with E-state index in [-0.39, 0.29) is 12.3 Å². The minimum Gasteiger partial charge on any atom is -0.466 e. The predicted octanol–water partition coefficient (Wildman–Crippen LogP) is 4.61. The van der Waals surface area contributed by atoms with Gasteiger partial charge in [0.05, 0.1) is 19.2 Å². The van der Waals surface area contributed by atoms with Crippen LogP contribution in [0.2, 0.25) is 5.02 Å². The van der Waals surface area contributed by atoms with Crippen molar-refractivity contribution in [2.75, 3.05) is 7.11 Å². The Morgan fingerprint density at radius 1 is 1.15 bits per heavy atom. The van der Waals surface area contributed by atoms with Gasteiger partial charge in [-0.2, -0.15) is 0 Å². The maximum atomic E-state index is 13.0. The van der Waals surface area contributed by atoms with Crippen molar-refractivity contribution in [3.05, 3.63) is 81.5 Å². The lowest BCUT2D eigenvalue weighted by Gasteiger charge is -2.35. The third kappa shape index (κ3) is 3.76. The summed E-state index contributed by atoms with van der Waals surface area (Å²) in [7, 11) is 1.36. The molecule has 140 valence electrons. The first kappa shape index (κ1) is 19.2. The second-order valence-corrected chi connectivity index (χ2v) is 7.08. The second kappa shape index (κ2) is 7.97.